The standard InChI is InChI=1S/C57H67N12O19P3S2/c58-56-64-52-46(54(71)65-56)36(29-69(52)45-28-43(83-31-63-66-59)44(85-45)30-84-90(78,79)88-91(80,81)87-89(75,76)77)9-4-17-62-57(74)61-16-2-1-3-23-82-32-93-92-24-18-60-53(70)35-14-15-37(55(72)73)40(27-35)47-41-25-33-10-5-19-67-21-7-12-38(48(33)67)50(41)86-51-39-13-8-22-68-20-6-11-34(49(39)68)26-42(47)51/h14-15,25-27,29,43-45H,1-3,5-8,10-13,16-24,28,30-32H2,(H10-,58,60,61,62,64,65,70,71,72,73,74,75,76,77,78,79,80,81)/p+1/t43-,44-,45-/m1/s1. The Morgan fingerprint density at radius 2 is 1.70 bits per heavy atom. The van der Waals surface area contributed by atoms with Crippen molar-refractivity contribution in [1.29, 1.82) is 0 Å². The Labute approximate surface area is 538 Å². The molecule has 6 aliphatic rings. The maximum absolute atomic E-state index is 13.9. The topological polar surface area (TPSA) is 436 Å². The van der Waals surface area contributed by atoms with Gasteiger partial charge in [-0.2, -0.15) is 13.6 Å². The molecule has 2 aromatic heterocycles. The molecule has 11 rings (SSSR count). The van der Waals surface area contributed by atoms with E-state index in [0.717, 1.165) is 118 Å². The van der Waals surface area contributed by atoms with E-state index in [1.807, 2.05) is 0 Å². The zero-order chi connectivity index (χ0) is 65.6. The van der Waals surface area contributed by atoms with E-state index in [2.05, 4.69) is 78.0 Å². The molecule has 11 N–H and O–H groups in total. The van der Waals surface area contributed by atoms with E-state index < -0.39 is 72.8 Å². The summed E-state index contributed by atoms with van der Waals surface area (Å²) < 4.78 is 76.0. The molecule has 0 saturated carbocycles. The Morgan fingerprint density at radius 1 is 0.914 bits per heavy atom. The predicted molar refractivity (Wildman–Crippen MR) is 341 cm³/mol. The number of nitrogens with two attached hydrogens (primary N) is 1. The zero-order valence-corrected chi connectivity index (χ0v) is 54.3. The molecule has 1 saturated heterocycles. The van der Waals surface area contributed by atoms with Gasteiger partial charge in [-0.3, -0.25) is 19.1 Å². The number of aryl methyl sites for hydroxylation is 2. The van der Waals surface area contributed by atoms with Crippen molar-refractivity contribution in [1.82, 2.24) is 35.1 Å². The van der Waals surface area contributed by atoms with E-state index in [1.165, 1.54) is 54.9 Å². The molecule has 0 bridgehead atoms. The molecule has 31 nitrogen and oxygen atoms in total. The number of hydrogen-bond donors (Lipinski definition) is 10. The molecule has 8 heterocycles. The fraction of sp³-hybridized carbons (Fsp3) is 0.474. The van der Waals surface area contributed by atoms with Crippen LogP contribution in [-0.2, 0) is 66.7 Å². The summed E-state index contributed by atoms with van der Waals surface area (Å²) in [6.45, 7) is 3.66. The van der Waals surface area contributed by atoms with Crippen LogP contribution in [-0.4, -0.2) is 147 Å². The van der Waals surface area contributed by atoms with Crippen LogP contribution in [0.1, 0.15) is 117 Å². The highest BCUT2D eigenvalue weighted by Crippen LogP contribution is 2.66. The second-order valence-electron chi connectivity index (χ2n) is 22.5. The molecule has 0 spiro atoms. The number of urea groups is 1. The number of carboxylic acid groups (broad SMARTS) is 1. The average Bonchev–Trinajstić information content (AvgIpc) is 1.52. The van der Waals surface area contributed by atoms with Crippen molar-refractivity contribution < 1.29 is 84.9 Å². The van der Waals surface area contributed by atoms with Crippen molar-refractivity contribution in [3.8, 4) is 23.3 Å². The van der Waals surface area contributed by atoms with Gasteiger partial charge < -0.3 is 74.8 Å². The number of anilines is 2. The van der Waals surface area contributed by atoms with Crippen molar-refractivity contribution in [3.05, 3.63) is 118 Å². The van der Waals surface area contributed by atoms with Crippen LogP contribution >= 0.6 is 45.1 Å². The van der Waals surface area contributed by atoms with E-state index in [1.54, 1.807) is 29.0 Å². The second-order valence-corrected chi connectivity index (χ2v) is 29.5. The third-order valence-electron chi connectivity index (χ3n) is 16.4. The number of unbranched alkanes of at least 4 members (excludes halogenated alkanes) is 2. The number of benzene rings is 3. The number of carboxylic acids is 1. The molecule has 36 heteroatoms. The number of carbonyl (C=O) groups is 3. The number of aromatic carboxylic acids is 1. The summed E-state index contributed by atoms with van der Waals surface area (Å²) in [4.78, 5) is 102. The lowest BCUT2D eigenvalue weighted by Gasteiger charge is -2.39. The summed E-state index contributed by atoms with van der Waals surface area (Å²) in [6, 6.07) is 8.88. The van der Waals surface area contributed by atoms with Crippen LogP contribution < -0.4 is 52.0 Å². The van der Waals surface area contributed by atoms with E-state index in [-0.39, 0.29) is 47.0 Å². The van der Waals surface area contributed by atoms with E-state index in [0.29, 0.717) is 48.9 Å². The van der Waals surface area contributed by atoms with Crippen molar-refractivity contribution in [2.45, 2.75) is 95.5 Å². The first-order chi connectivity index (χ1) is 44.7. The van der Waals surface area contributed by atoms with Crippen LogP contribution in [0.25, 0.3) is 27.0 Å². The molecule has 5 aromatic rings. The number of phosphoric acid groups is 3. The first-order valence-electron chi connectivity index (χ1n) is 30.0. The number of rotatable bonds is 27. The Bertz CT molecular complexity index is 4240. The van der Waals surface area contributed by atoms with Gasteiger partial charge in [-0.25, -0.2) is 27.9 Å². The largest absolute Gasteiger partial charge is 0.490 e. The van der Waals surface area contributed by atoms with Crippen LogP contribution in [0.4, 0.5) is 16.4 Å². The summed E-state index contributed by atoms with van der Waals surface area (Å²) in [5.41, 5.74) is 23.0. The SMILES string of the molecule is [N-]=[N+]=NCO[C@@H]1C[C@H](n2cc(C#CCNC(=O)NCCCCCOCSSCCNC(=O)c3ccc(C(=O)O)c(C4=c5cc6c7c(c5Oc5c4cc4c8c5CCCN8CCC4)CCC[N+]=7CCC6)c3)c3c(=O)[nH]c(N)nc32)O[C@@H]1COP(=O)(O)OP(=O)(O)OP(=O)(O)O. The highest BCUT2D eigenvalue weighted by atomic mass is 33.1. The fourth-order valence-electron chi connectivity index (χ4n) is 12.7. The van der Waals surface area contributed by atoms with Gasteiger partial charge >= 0.3 is 35.5 Å². The third kappa shape index (κ3) is 16.0. The second kappa shape index (κ2) is 29.5. The summed E-state index contributed by atoms with van der Waals surface area (Å²) in [6.07, 6.45) is 7.69. The highest BCUT2D eigenvalue weighted by molar-refractivity contribution is 8.76. The van der Waals surface area contributed by atoms with Gasteiger partial charge in [-0.15, -0.1) is 0 Å². The number of amides is 3. The average molecular weight is 1380 g/mol. The molecule has 496 valence electrons. The number of phosphoric ester groups is 1. The van der Waals surface area contributed by atoms with E-state index >= 15 is 0 Å². The maximum atomic E-state index is 13.9. The number of carbonyl (C=O) groups excluding carboxylic acids is 2. The molecule has 0 aliphatic carbocycles. The number of aromatic amines is 1. The molecular formula is C57H68N12O19P3S2+. The number of nitrogens with zero attached hydrogens (tertiary/aromatic N) is 7. The lowest BCUT2D eigenvalue weighted by atomic mass is 9.81. The number of fused-ring (bicyclic) bond motifs is 5. The summed E-state index contributed by atoms with van der Waals surface area (Å²) in [5.74, 6) is 6.61. The number of H-pyrrole nitrogens is 1. The number of hydrogen-bond acceptors (Lipinski definition) is 20. The Kier molecular flexibility index (Phi) is 21.4. The maximum Gasteiger partial charge on any atom is 0.490 e. The molecule has 3 aromatic carbocycles. The van der Waals surface area contributed by atoms with E-state index in [4.69, 9.17) is 44.5 Å². The van der Waals surface area contributed by atoms with Gasteiger partial charge in [0.15, 0.2) is 5.65 Å². The minimum atomic E-state index is -5.83. The van der Waals surface area contributed by atoms with Crippen LogP contribution in [0.2, 0.25) is 0 Å². The summed E-state index contributed by atoms with van der Waals surface area (Å²) in [5, 5.41) is 24.6. The number of azide groups is 1. The minimum Gasteiger partial charge on any atom is -0.478 e. The number of nitrogens with one attached hydrogen (secondary N) is 4. The molecular weight excluding hydrogens is 1310 g/mol. The minimum absolute atomic E-state index is 0.0147. The van der Waals surface area contributed by atoms with Gasteiger partial charge in [0.05, 0.1) is 41.3 Å². The first-order valence-corrected chi connectivity index (χ1v) is 37.0. The smallest absolute Gasteiger partial charge is 0.478 e. The van der Waals surface area contributed by atoms with Crippen molar-refractivity contribution >= 4 is 91.2 Å². The highest BCUT2D eigenvalue weighted by Gasteiger charge is 2.44. The van der Waals surface area contributed by atoms with Crippen LogP contribution in [0, 0.1) is 11.8 Å². The van der Waals surface area contributed by atoms with Crippen LogP contribution in [0.3, 0.4) is 0 Å². The van der Waals surface area contributed by atoms with Gasteiger partial charge in [0.2, 0.25) is 11.3 Å². The van der Waals surface area contributed by atoms with Gasteiger partial charge in [0.1, 0.15) is 49.6 Å². The Balaban J connectivity index is 0.622. The lowest BCUT2D eigenvalue weighted by Crippen LogP contribution is -2.45. The van der Waals surface area contributed by atoms with Gasteiger partial charge in [0.25, 0.3) is 11.5 Å². The van der Waals surface area contributed by atoms with Crippen molar-refractivity contribution in [2.24, 2.45) is 5.11 Å². The van der Waals surface area contributed by atoms with Gasteiger partial charge in [-0.1, -0.05) is 38.5 Å². The number of ether oxygens (including phenoxy) is 4. The van der Waals surface area contributed by atoms with Gasteiger partial charge in [0, 0.05) is 108 Å². The molecule has 3 amide bonds. The Hall–Kier alpha value is -6.78. The third-order valence-corrected chi connectivity index (χ3v) is 22.3. The summed E-state index contributed by atoms with van der Waals surface area (Å²) in [7, 11) is -14.0. The summed E-state index contributed by atoms with van der Waals surface area (Å²) >= 11 is 0. The fourth-order valence-corrected chi connectivity index (χ4v) is 17.3. The van der Waals surface area contributed by atoms with Crippen LogP contribution in [0.15, 0.2) is 46.4 Å². The molecule has 2 unspecified atom stereocenters. The molecule has 6 aliphatic heterocycles. The predicted octanol–water partition coefficient (Wildman–Crippen LogP) is 5.33. The number of nitrogen functional groups attached to an aromatic ring is 1. The lowest BCUT2D eigenvalue weighted by molar-refractivity contribution is -0.0581. The zero-order valence-electron chi connectivity index (χ0n) is 50.0. The molecule has 0 radical (unpaired) electrons. The van der Waals surface area contributed by atoms with Gasteiger partial charge in [-0.05, 0) is 105 Å². The van der Waals surface area contributed by atoms with Crippen molar-refractivity contribution in [2.75, 3.05) is 88.1 Å². The monoisotopic (exact) mass is 1380 g/mol. The van der Waals surface area contributed by atoms with E-state index in [9.17, 15) is 47.8 Å². The van der Waals surface area contributed by atoms with Crippen molar-refractivity contribution in [3.63, 3.8) is 0 Å². The first kappa shape index (κ1) is 67.6. The van der Waals surface area contributed by atoms with Crippen LogP contribution in [0.5, 0.6) is 11.5 Å². The molecule has 5 atom stereocenters. The quantitative estimate of drug-likeness (QED) is 0.00358. The molecule has 1 fully saturated rings. The molecule has 93 heavy (non-hydrogen) atoms. The normalized spacial score (nSPS) is 19.1. The number of aromatic nitrogens is 3. The Morgan fingerprint density at radius 3 is 2.49 bits per heavy atom.